The zero-order valence-corrected chi connectivity index (χ0v) is 12.3. The molecule has 1 atom stereocenters. The van der Waals surface area contributed by atoms with E-state index in [0.717, 1.165) is 11.1 Å². The molecule has 0 saturated carbocycles. The van der Waals surface area contributed by atoms with Crippen molar-refractivity contribution in [1.29, 1.82) is 0 Å². The zero-order valence-electron chi connectivity index (χ0n) is 12.3. The fourth-order valence-electron chi connectivity index (χ4n) is 2.03. The molecular weight excluding hydrogens is 273 g/mol. The molecule has 6 heteroatoms. The van der Waals surface area contributed by atoms with Crippen LogP contribution in [-0.4, -0.2) is 24.2 Å². The van der Waals surface area contributed by atoms with E-state index in [0.29, 0.717) is 18.3 Å². The third kappa shape index (κ3) is 3.66. The zero-order chi connectivity index (χ0) is 15.2. The maximum Gasteiger partial charge on any atom is 0.224 e. The van der Waals surface area contributed by atoms with Crippen molar-refractivity contribution >= 4 is 0 Å². The van der Waals surface area contributed by atoms with Gasteiger partial charge in [-0.15, -0.1) is 0 Å². The topological polar surface area (TPSA) is 56.3 Å². The fourth-order valence-corrected chi connectivity index (χ4v) is 2.03. The van der Waals surface area contributed by atoms with Crippen LogP contribution in [0.1, 0.15) is 24.1 Å². The second kappa shape index (κ2) is 6.99. The number of hydrogen-bond acceptors (Lipinski definition) is 5. The number of halogens is 1. The van der Waals surface area contributed by atoms with E-state index in [9.17, 15) is 4.39 Å². The molecule has 0 aliphatic heterocycles. The van der Waals surface area contributed by atoms with Crippen LogP contribution in [0.4, 0.5) is 4.39 Å². The van der Waals surface area contributed by atoms with Gasteiger partial charge in [-0.05, 0) is 24.6 Å². The second-order valence-electron chi connectivity index (χ2n) is 4.53. The summed E-state index contributed by atoms with van der Waals surface area (Å²) in [7, 11) is 3.09. The maximum atomic E-state index is 13.2. The quantitative estimate of drug-likeness (QED) is 0.886. The van der Waals surface area contributed by atoms with E-state index >= 15 is 0 Å². The van der Waals surface area contributed by atoms with Crippen LogP contribution in [0.15, 0.2) is 30.6 Å². The van der Waals surface area contributed by atoms with E-state index in [1.807, 2.05) is 13.0 Å². The minimum Gasteiger partial charge on any atom is -0.481 e. The summed E-state index contributed by atoms with van der Waals surface area (Å²) in [6.45, 7) is 2.41. The molecule has 0 amide bonds. The number of hydrogen-bond donors (Lipinski definition) is 1. The van der Waals surface area contributed by atoms with Crippen LogP contribution in [0, 0.1) is 5.82 Å². The van der Waals surface area contributed by atoms with E-state index in [4.69, 9.17) is 9.47 Å². The third-order valence-electron chi connectivity index (χ3n) is 3.19. The second-order valence-corrected chi connectivity index (χ2v) is 4.53. The summed E-state index contributed by atoms with van der Waals surface area (Å²) < 4.78 is 23.7. The van der Waals surface area contributed by atoms with Crippen molar-refractivity contribution in [1.82, 2.24) is 15.3 Å². The van der Waals surface area contributed by atoms with E-state index in [2.05, 4.69) is 15.3 Å². The summed E-state index contributed by atoms with van der Waals surface area (Å²) in [6, 6.07) is 6.46. The molecule has 1 aromatic heterocycles. The molecule has 2 rings (SSSR count). The van der Waals surface area contributed by atoms with Gasteiger partial charge in [0, 0.05) is 12.6 Å². The summed E-state index contributed by atoms with van der Waals surface area (Å²) in [6.07, 6.45) is 1.39. The number of benzene rings is 1. The Hall–Kier alpha value is -2.21. The lowest BCUT2D eigenvalue weighted by molar-refractivity contribution is 0.357. The Balaban J connectivity index is 2.12. The van der Waals surface area contributed by atoms with Crippen LogP contribution < -0.4 is 14.8 Å². The molecule has 0 saturated heterocycles. The number of aromatic nitrogens is 2. The monoisotopic (exact) mass is 291 g/mol. The number of nitrogens with one attached hydrogen (secondary N) is 1. The predicted molar refractivity (Wildman–Crippen MR) is 76.8 cm³/mol. The van der Waals surface area contributed by atoms with Gasteiger partial charge >= 0.3 is 0 Å². The molecule has 0 spiro atoms. The van der Waals surface area contributed by atoms with Crippen LogP contribution in [0.5, 0.6) is 11.8 Å². The molecule has 2 aromatic rings. The minimum atomic E-state index is -0.251. The highest BCUT2D eigenvalue weighted by molar-refractivity contribution is 5.34. The van der Waals surface area contributed by atoms with Crippen molar-refractivity contribution < 1.29 is 13.9 Å². The van der Waals surface area contributed by atoms with Crippen LogP contribution >= 0.6 is 0 Å². The highest BCUT2D eigenvalue weighted by atomic mass is 19.1. The Kier molecular flexibility index (Phi) is 5.05. The van der Waals surface area contributed by atoms with Crippen molar-refractivity contribution in [3.63, 3.8) is 0 Å². The largest absolute Gasteiger partial charge is 0.481 e. The van der Waals surface area contributed by atoms with Gasteiger partial charge in [-0.2, -0.15) is 0 Å². The molecule has 0 aliphatic rings. The van der Waals surface area contributed by atoms with Gasteiger partial charge < -0.3 is 14.8 Å². The summed E-state index contributed by atoms with van der Waals surface area (Å²) in [5.74, 6) is 0.668. The highest BCUT2D eigenvalue weighted by Gasteiger charge is 2.14. The lowest BCUT2D eigenvalue weighted by Crippen LogP contribution is -2.19. The van der Waals surface area contributed by atoms with Crippen LogP contribution in [0.3, 0.4) is 0 Å². The standard InChI is InChI=1S/C15H18FN3O2/c1-10(11-5-4-6-12(16)7-11)17-8-13-14(20-2)18-9-19-15(13)21-3/h4-7,9-10,17H,8H2,1-3H3. The molecule has 112 valence electrons. The molecule has 1 heterocycles. The van der Waals surface area contributed by atoms with Gasteiger partial charge in [0.1, 0.15) is 12.1 Å². The van der Waals surface area contributed by atoms with Crippen LogP contribution in [0.2, 0.25) is 0 Å². The molecule has 0 radical (unpaired) electrons. The van der Waals surface area contributed by atoms with Gasteiger partial charge in [-0.1, -0.05) is 12.1 Å². The number of ether oxygens (including phenoxy) is 2. The van der Waals surface area contributed by atoms with Gasteiger partial charge in [0.15, 0.2) is 0 Å². The number of nitrogens with zero attached hydrogens (tertiary/aromatic N) is 2. The van der Waals surface area contributed by atoms with Gasteiger partial charge in [-0.3, -0.25) is 0 Å². The van der Waals surface area contributed by atoms with Crippen molar-refractivity contribution in [2.45, 2.75) is 19.5 Å². The van der Waals surface area contributed by atoms with Gasteiger partial charge in [0.05, 0.1) is 19.8 Å². The lowest BCUT2D eigenvalue weighted by Gasteiger charge is -2.16. The molecule has 1 unspecified atom stereocenters. The van der Waals surface area contributed by atoms with Crippen molar-refractivity contribution in [3.05, 3.63) is 47.5 Å². The van der Waals surface area contributed by atoms with E-state index in [1.54, 1.807) is 20.3 Å². The van der Waals surface area contributed by atoms with E-state index in [-0.39, 0.29) is 11.9 Å². The van der Waals surface area contributed by atoms with Gasteiger partial charge in [-0.25, -0.2) is 14.4 Å². The summed E-state index contributed by atoms with van der Waals surface area (Å²) in [4.78, 5) is 8.11. The lowest BCUT2D eigenvalue weighted by atomic mass is 10.1. The molecule has 1 N–H and O–H groups in total. The molecule has 21 heavy (non-hydrogen) atoms. The van der Waals surface area contributed by atoms with Crippen LogP contribution in [0.25, 0.3) is 0 Å². The minimum absolute atomic E-state index is 0.0321. The van der Waals surface area contributed by atoms with Crippen molar-refractivity contribution in [3.8, 4) is 11.8 Å². The first-order chi connectivity index (χ1) is 10.2. The SMILES string of the molecule is COc1ncnc(OC)c1CNC(C)c1cccc(F)c1. The molecule has 0 bridgehead atoms. The molecular formula is C15H18FN3O2. The Morgan fingerprint density at radius 1 is 1.19 bits per heavy atom. The number of methoxy groups -OCH3 is 2. The number of rotatable bonds is 6. The van der Waals surface area contributed by atoms with Crippen molar-refractivity contribution in [2.24, 2.45) is 0 Å². The third-order valence-corrected chi connectivity index (χ3v) is 3.19. The molecule has 1 aromatic carbocycles. The van der Waals surface area contributed by atoms with E-state index in [1.165, 1.54) is 18.5 Å². The van der Waals surface area contributed by atoms with Gasteiger partial charge in [0.25, 0.3) is 0 Å². The average Bonchev–Trinajstić information content (AvgIpc) is 2.52. The first-order valence-electron chi connectivity index (χ1n) is 6.56. The molecule has 0 fully saturated rings. The normalized spacial score (nSPS) is 12.0. The Bertz CT molecular complexity index is 585. The summed E-state index contributed by atoms with van der Waals surface area (Å²) in [5, 5.41) is 3.29. The smallest absolute Gasteiger partial charge is 0.224 e. The van der Waals surface area contributed by atoms with Crippen molar-refractivity contribution in [2.75, 3.05) is 14.2 Å². The Morgan fingerprint density at radius 2 is 1.86 bits per heavy atom. The average molecular weight is 291 g/mol. The molecule has 0 aliphatic carbocycles. The Labute approximate surface area is 123 Å². The highest BCUT2D eigenvalue weighted by Crippen LogP contribution is 2.24. The predicted octanol–water partition coefficient (Wildman–Crippen LogP) is 2.48. The maximum absolute atomic E-state index is 13.2. The van der Waals surface area contributed by atoms with E-state index < -0.39 is 0 Å². The van der Waals surface area contributed by atoms with Crippen LogP contribution in [-0.2, 0) is 6.54 Å². The summed E-state index contributed by atoms with van der Waals surface area (Å²) in [5.41, 5.74) is 1.59. The fraction of sp³-hybridized carbons (Fsp3) is 0.333. The summed E-state index contributed by atoms with van der Waals surface area (Å²) >= 11 is 0. The molecule has 5 nitrogen and oxygen atoms in total. The Morgan fingerprint density at radius 3 is 2.43 bits per heavy atom. The first kappa shape index (κ1) is 15.2. The van der Waals surface area contributed by atoms with Gasteiger partial charge in [0.2, 0.25) is 11.8 Å². The first-order valence-corrected chi connectivity index (χ1v) is 6.56.